The summed E-state index contributed by atoms with van der Waals surface area (Å²) in [5.74, 6) is 3.37. The molecule has 1 amide bonds. The van der Waals surface area contributed by atoms with Crippen molar-refractivity contribution in [1.82, 2.24) is 15.1 Å². The molecule has 236 valence electrons. The Balaban J connectivity index is 1.44. The van der Waals surface area contributed by atoms with Crippen molar-refractivity contribution in [3.63, 3.8) is 0 Å². The molecule has 5 fully saturated rings. The van der Waals surface area contributed by atoms with Crippen molar-refractivity contribution >= 4 is 5.91 Å². The van der Waals surface area contributed by atoms with E-state index >= 15 is 4.79 Å². The number of nitrogens with one attached hydrogen (secondary N) is 1. The van der Waals surface area contributed by atoms with Gasteiger partial charge in [-0.15, -0.1) is 0 Å². The first-order valence-corrected chi connectivity index (χ1v) is 18.0. The molecule has 4 aliphatic carbocycles. The zero-order valence-electron chi connectivity index (χ0n) is 28.7. The molecule has 4 nitrogen and oxygen atoms in total. The van der Waals surface area contributed by atoms with Crippen LogP contribution in [-0.2, 0) is 4.79 Å². The Kier molecular flexibility index (Phi) is 8.84. The Labute approximate surface area is 254 Å². The van der Waals surface area contributed by atoms with Gasteiger partial charge in [0.05, 0.1) is 5.41 Å². The average molecular weight is 570 g/mol. The number of hydrogen-bond acceptors (Lipinski definition) is 3. The van der Waals surface area contributed by atoms with E-state index in [0.717, 1.165) is 57.4 Å². The lowest BCUT2D eigenvalue weighted by atomic mass is 9.38. The van der Waals surface area contributed by atoms with Crippen molar-refractivity contribution in [3.05, 3.63) is 0 Å². The molecule has 1 N–H and O–H groups in total. The van der Waals surface area contributed by atoms with Crippen molar-refractivity contribution in [3.8, 4) is 0 Å². The van der Waals surface area contributed by atoms with Crippen LogP contribution in [0.1, 0.15) is 132 Å². The van der Waals surface area contributed by atoms with Crippen LogP contribution in [0.3, 0.4) is 0 Å². The van der Waals surface area contributed by atoms with Crippen LogP contribution in [0, 0.1) is 50.7 Å². The van der Waals surface area contributed by atoms with Crippen LogP contribution in [0.2, 0.25) is 0 Å². The Bertz CT molecular complexity index is 938. The van der Waals surface area contributed by atoms with Crippen molar-refractivity contribution in [1.29, 1.82) is 0 Å². The Hall–Kier alpha value is -0.610. The van der Waals surface area contributed by atoms with Gasteiger partial charge in [0.1, 0.15) is 0 Å². The number of hydrogen-bond donors (Lipinski definition) is 1. The molecule has 4 saturated carbocycles. The van der Waals surface area contributed by atoms with Crippen LogP contribution in [-0.4, -0.2) is 61.5 Å². The topological polar surface area (TPSA) is 35.6 Å². The van der Waals surface area contributed by atoms with Gasteiger partial charge < -0.3 is 15.1 Å². The smallest absolute Gasteiger partial charge is 0.229 e. The third-order valence-electron chi connectivity index (χ3n) is 14.7. The molecule has 0 radical (unpaired) electrons. The quantitative estimate of drug-likeness (QED) is 0.256. The predicted octanol–water partition coefficient (Wildman–Crippen LogP) is 8.01. The van der Waals surface area contributed by atoms with Gasteiger partial charge in [-0.2, -0.15) is 0 Å². The molecule has 1 aliphatic heterocycles. The SMILES string of the molecule is CCCC(C)(C)[C@H]1CC[C@@H]2[C@H]3[C@H](C4(C)CC4)CC[C@]3(C(=O)N3CCC[C@H]3CN(C)CCNCC)CC[C@@]2(C)C1(C)C. The summed E-state index contributed by atoms with van der Waals surface area (Å²) in [6.07, 6.45) is 15.3. The molecule has 4 heteroatoms. The van der Waals surface area contributed by atoms with Gasteiger partial charge in [0.25, 0.3) is 0 Å². The molecular formula is C37H67N3O. The minimum atomic E-state index is -0.104. The van der Waals surface area contributed by atoms with E-state index in [0.29, 0.717) is 45.4 Å². The highest BCUT2D eigenvalue weighted by Gasteiger charge is 2.70. The molecule has 0 aromatic carbocycles. The molecular weight excluding hydrogens is 502 g/mol. The van der Waals surface area contributed by atoms with Gasteiger partial charge in [0, 0.05) is 32.2 Å². The normalized spacial score (nSPS) is 39.6. The van der Waals surface area contributed by atoms with E-state index in [9.17, 15) is 0 Å². The van der Waals surface area contributed by atoms with Gasteiger partial charge in [-0.25, -0.2) is 0 Å². The number of carbonyl (C=O) groups is 1. The van der Waals surface area contributed by atoms with Crippen LogP contribution in [0.5, 0.6) is 0 Å². The van der Waals surface area contributed by atoms with Crippen molar-refractivity contribution in [2.75, 3.05) is 39.8 Å². The van der Waals surface area contributed by atoms with Crippen LogP contribution >= 0.6 is 0 Å². The van der Waals surface area contributed by atoms with Gasteiger partial charge in [-0.3, -0.25) is 4.79 Å². The summed E-state index contributed by atoms with van der Waals surface area (Å²) < 4.78 is 0. The first-order valence-electron chi connectivity index (χ1n) is 18.0. The molecule has 7 atom stereocenters. The molecule has 0 bridgehead atoms. The molecule has 5 aliphatic rings. The lowest BCUT2D eigenvalue weighted by Gasteiger charge is -2.67. The highest BCUT2D eigenvalue weighted by atomic mass is 16.2. The monoisotopic (exact) mass is 570 g/mol. The number of amides is 1. The molecule has 0 aromatic heterocycles. The maximum Gasteiger partial charge on any atom is 0.229 e. The third kappa shape index (κ3) is 5.25. The molecule has 1 heterocycles. The predicted molar refractivity (Wildman–Crippen MR) is 173 cm³/mol. The van der Waals surface area contributed by atoms with E-state index in [4.69, 9.17) is 0 Å². The molecule has 41 heavy (non-hydrogen) atoms. The second kappa shape index (κ2) is 11.4. The molecule has 0 spiro atoms. The lowest BCUT2D eigenvalue weighted by Crippen LogP contribution is -2.63. The van der Waals surface area contributed by atoms with Crippen LogP contribution in [0.4, 0.5) is 0 Å². The summed E-state index contributed by atoms with van der Waals surface area (Å²) in [5.41, 5.74) is 1.39. The van der Waals surface area contributed by atoms with E-state index in [2.05, 4.69) is 77.6 Å². The van der Waals surface area contributed by atoms with Gasteiger partial charge in [0.15, 0.2) is 0 Å². The minimum absolute atomic E-state index is 0.104. The van der Waals surface area contributed by atoms with E-state index in [-0.39, 0.29) is 5.41 Å². The highest BCUT2D eigenvalue weighted by molar-refractivity contribution is 5.84. The largest absolute Gasteiger partial charge is 0.338 e. The summed E-state index contributed by atoms with van der Waals surface area (Å²) in [7, 11) is 2.26. The number of fused-ring (bicyclic) bond motifs is 3. The first kappa shape index (κ1) is 31.8. The van der Waals surface area contributed by atoms with Gasteiger partial charge in [-0.05, 0) is 130 Å². The van der Waals surface area contributed by atoms with E-state index in [1.807, 2.05) is 0 Å². The fraction of sp³-hybridized carbons (Fsp3) is 0.973. The van der Waals surface area contributed by atoms with Crippen LogP contribution in [0.25, 0.3) is 0 Å². The molecule has 0 unspecified atom stereocenters. The third-order valence-corrected chi connectivity index (χ3v) is 14.7. The molecule has 5 rings (SSSR count). The van der Waals surface area contributed by atoms with Crippen LogP contribution in [0.15, 0.2) is 0 Å². The maximum absolute atomic E-state index is 15.1. The van der Waals surface area contributed by atoms with E-state index < -0.39 is 0 Å². The number of rotatable bonds is 11. The molecule has 1 saturated heterocycles. The number of likely N-dealkylation sites (tertiary alicyclic amines) is 1. The highest BCUT2D eigenvalue weighted by Crippen LogP contribution is 2.75. The number of nitrogens with zero attached hydrogens (tertiary/aromatic N) is 2. The fourth-order valence-electron chi connectivity index (χ4n) is 11.9. The zero-order valence-corrected chi connectivity index (χ0v) is 28.7. The first-order chi connectivity index (χ1) is 19.3. The second-order valence-corrected chi connectivity index (χ2v) is 17.5. The van der Waals surface area contributed by atoms with Gasteiger partial charge >= 0.3 is 0 Å². The van der Waals surface area contributed by atoms with Gasteiger partial charge in [-0.1, -0.05) is 61.8 Å². The number of carbonyl (C=O) groups excluding carboxylic acids is 1. The van der Waals surface area contributed by atoms with Gasteiger partial charge in [0.2, 0.25) is 5.91 Å². The van der Waals surface area contributed by atoms with Crippen LogP contribution < -0.4 is 5.32 Å². The Morgan fingerprint density at radius 3 is 2.34 bits per heavy atom. The Morgan fingerprint density at radius 1 is 0.951 bits per heavy atom. The Morgan fingerprint density at radius 2 is 1.68 bits per heavy atom. The summed E-state index contributed by atoms with van der Waals surface area (Å²) in [4.78, 5) is 20.0. The maximum atomic E-state index is 15.1. The number of likely N-dealkylation sites (N-methyl/N-ethyl adjacent to an activating group) is 2. The summed E-state index contributed by atoms with van der Waals surface area (Å²) in [6.45, 7) is 25.4. The van der Waals surface area contributed by atoms with Crippen molar-refractivity contribution in [2.45, 2.75) is 138 Å². The summed E-state index contributed by atoms with van der Waals surface area (Å²) in [6, 6.07) is 0.398. The standard InChI is InChI=1S/C37H67N3O/c1-10-17-33(3,4)30-15-14-29-31-28(35(7)19-20-35)16-18-37(31,22-21-36(29,8)34(30,5)6)32(41)40-24-12-13-27(40)26-39(9)25-23-38-11-2/h27-31,38H,10-26H2,1-9H3/t27-,28+,29+,30+,31+,36+,37-/m0/s1. The lowest BCUT2D eigenvalue weighted by molar-refractivity contribution is -0.193. The zero-order chi connectivity index (χ0) is 29.8. The fourth-order valence-corrected chi connectivity index (χ4v) is 11.9. The average Bonchev–Trinajstić information content (AvgIpc) is 3.30. The summed E-state index contributed by atoms with van der Waals surface area (Å²) in [5, 5.41) is 3.48. The van der Waals surface area contributed by atoms with Crippen molar-refractivity contribution in [2.24, 2.45) is 50.7 Å². The summed E-state index contributed by atoms with van der Waals surface area (Å²) >= 11 is 0. The molecule has 0 aromatic rings. The van der Waals surface area contributed by atoms with E-state index in [1.165, 1.54) is 64.2 Å². The second-order valence-electron chi connectivity index (χ2n) is 17.5. The van der Waals surface area contributed by atoms with E-state index in [1.54, 1.807) is 0 Å². The van der Waals surface area contributed by atoms with Crippen molar-refractivity contribution < 1.29 is 4.79 Å². The minimum Gasteiger partial charge on any atom is -0.338 e.